The van der Waals surface area contributed by atoms with Gasteiger partial charge >= 0.3 is 0 Å². The molecule has 1 aromatic carbocycles. The molecule has 0 radical (unpaired) electrons. The predicted octanol–water partition coefficient (Wildman–Crippen LogP) is 4.52. The zero-order chi connectivity index (χ0) is 12.0. The molecule has 16 heavy (non-hydrogen) atoms. The van der Waals surface area contributed by atoms with Crippen LogP contribution < -0.4 is 4.74 Å². The third-order valence-electron chi connectivity index (χ3n) is 2.66. The van der Waals surface area contributed by atoms with E-state index >= 15 is 0 Å². The number of unbranched alkanes of at least 4 members (excludes halogenated alkanes) is 1. The Kier molecular flexibility index (Phi) is 5.68. The summed E-state index contributed by atoms with van der Waals surface area (Å²) in [6.07, 6.45) is 2.04. The summed E-state index contributed by atoms with van der Waals surface area (Å²) in [5, 5.41) is 0. The molecular formula is C14H21ClO. The largest absolute Gasteiger partial charge is 0.494 e. The third-order valence-corrected chi connectivity index (χ3v) is 2.93. The van der Waals surface area contributed by atoms with Crippen LogP contribution in [0, 0.1) is 6.92 Å². The number of hydrogen-bond acceptors (Lipinski definition) is 1. The first kappa shape index (κ1) is 13.4. The van der Waals surface area contributed by atoms with Crippen LogP contribution in [-0.4, -0.2) is 12.5 Å². The summed E-state index contributed by atoms with van der Waals surface area (Å²) in [5.74, 6) is 2.26. The van der Waals surface area contributed by atoms with E-state index in [0.29, 0.717) is 11.8 Å². The molecular weight excluding hydrogens is 220 g/mol. The molecule has 0 bridgehead atoms. The topological polar surface area (TPSA) is 9.23 Å². The number of ether oxygens (including phenoxy) is 1. The smallest absolute Gasteiger partial charge is 0.119 e. The van der Waals surface area contributed by atoms with E-state index < -0.39 is 0 Å². The first-order chi connectivity index (χ1) is 7.65. The summed E-state index contributed by atoms with van der Waals surface area (Å²) in [6, 6.07) is 6.34. The third kappa shape index (κ3) is 4.05. The van der Waals surface area contributed by atoms with Gasteiger partial charge in [0.25, 0.3) is 0 Å². The first-order valence-corrected chi connectivity index (χ1v) is 6.48. The minimum Gasteiger partial charge on any atom is -0.494 e. The highest BCUT2D eigenvalue weighted by molar-refractivity contribution is 6.17. The fourth-order valence-corrected chi connectivity index (χ4v) is 1.96. The molecule has 0 unspecified atom stereocenters. The van der Waals surface area contributed by atoms with Gasteiger partial charge in [-0.15, -0.1) is 11.6 Å². The van der Waals surface area contributed by atoms with Crippen LogP contribution in [0.3, 0.4) is 0 Å². The van der Waals surface area contributed by atoms with Crippen molar-refractivity contribution < 1.29 is 4.74 Å². The normalized spacial score (nSPS) is 10.8. The second-order valence-corrected chi connectivity index (χ2v) is 4.80. The molecule has 90 valence electrons. The van der Waals surface area contributed by atoms with E-state index in [1.807, 2.05) is 0 Å². The maximum Gasteiger partial charge on any atom is 0.119 e. The van der Waals surface area contributed by atoms with Crippen molar-refractivity contribution in [3.05, 3.63) is 29.3 Å². The van der Waals surface area contributed by atoms with Gasteiger partial charge in [0.05, 0.1) is 6.61 Å². The zero-order valence-electron chi connectivity index (χ0n) is 10.4. The standard InChI is InChI=1S/C14H21ClO/c1-11(2)14-7-6-13(10-12(14)3)16-9-5-4-8-15/h6-7,10-11H,4-5,8-9H2,1-3H3. The molecule has 0 N–H and O–H groups in total. The number of hydrogen-bond donors (Lipinski definition) is 0. The minimum absolute atomic E-state index is 0.574. The number of aryl methyl sites for hydroxylation is 1. The number of alkyl halides is 1. The summed E-state index contributed by atoms with van der Waals surface area (Å²) >= 11 is 5.61. The van der Waals surface area contributed by atoms with Crippen LogP contribution >= 0.6 is 11.6 Å². The molecule has 0 heterocycles. The Bertz CT molecular complexity index is 321. The van der Waals surface area contributed by atoms with E-state index in [1.165, 1.54) is 11.1 Å². The molecule has 0 aliphatic rings. The van der Waals surface area contributed by atoms with Crippen LogP contribution in [0.4, 0.5) is 0 Å². The Labute approximate surface area is 104 Å². The molecule has 0 aliphatic heterocycles. The number of halogens is 1. The average Bonchev–Trinajstić information content (AvgIpc) is 2.24. The van der Waals surface area contributed by atoms with E-state index in [1.54, 1.807) is 0 Å². The Balaban J connectivity index is 2.53. The molecule has 1 aromatic rings. The lowest BCUT2D eigenvalue weighted by atomic mass is 9.98. The maximum atomic E-state index is 5.66. The SMILES string of the molecule is Cc1cc(OCCCCCl)ccc1C(C)C. The van der Waals surface area contributed by atoms with Crippen LogP contribution in [0.2, 0.25) is 0 Å². The zero-order valence-corrected chi connectivity index (χ0v) is 11.2. The molecule has 0 atom stereocenters. The Morgan fingerprint density at radius 2 is 2.00 bits per heavy atom. The van der Waals surface area contributed by atoms with Crippen molar-refractivity contribution in [2.24, 2.45) is 0 Å². The van der Waals surface area contributed by atoms with Crippen molar-refractivity contribution in [2.75, 3.05) is 12.5 Å². The first-order valence-electron chi connectivity index (χ1n) is 5.94. The summed E-state index contributed by atoms with van der Waals surface area (Å²) in [4.78, 5) is 0. The average molecular weight is 241 g/mol. The van der Waals surface area contributed by atoms with Gasteiger partial charge in [-0.25, -0.2) is 0 Å². The molecule has 0 amide bonds. The molecule has 2 heteroatoms. The molecule has 1 rings (SSSR count). The molecule has 1 nitrogen and oxygen atoms in total. The fourth-order valence-electron chi connectivity index (χ4n) is 1.77. The van der Waals surface area contributed by atoms with Crippen molar-refractivity contribution in [3.8, 4) is 5.75 Å². The molecule has 0 saturated heterocycles. The highest BCUT2D eigenvalue weighted by Gasteiger charge is 2.04. The summed E-state index contributed by atoms with van der Waals surface area (Å²) in [5.41, 5.74) is 2.71. The van der Waals surface area contributed by atoms with Gasteiger partial charge in [-0.1, -0.05) is 19.9 Å². The van der Waals surface area contributed by atoms with Crippen LogP contribution in [0.5, 0.6) is 5.75 Å². The molecule has 0 aromatic heterocycles. The maximum absolute atomic E-state index is 5.66. The predicted molar refractivity (Wildman–Crippen MR) is 70.7 cm³/mol. The van der Waals surface area contributed by atoms with Crippen LogP contribution in [0.15, 0.2) is 18.2 Å². The summed E-state index contributed by atoms with van der Waals surface area (Å²) < 4.78 is 5.66. The van der Waals surface area contributed by atoms with Gasteiger partial charge in [-0.2, -0.15) is 0 Å². The van der Waals surface area contributed by atoms with Crippen molar-refractivity contribution in [1.82, 2.24) is 0 Å². The molecule has 0 aliphatic carbocycles. The monoisotopic (exact) mass is 240 g/mol. The fraction of sp³-hybridized carbons (Fsp3) is 0.571. The van der Waals surface area contributed by atoms with Crippen molar-refractivity contribution in [1.29, 1.82) is 0 Å². The van der Waals surface area contributed by atoms with Crippen LogP contribution in [-0.2, 0) is 0 Å². The van der Waals surface area contributed by atoms with Crippen molar-refractivity contribution in [2.45, 2.75) is 39.5 Å². The lowest BCUT2D eigenvalue weighted by molar-refractivity contribution is 0.309. The van der Waals surface area contributed by atoms with E-state index in [-0.39, 0.29) is 0 Å². The van der Waals surface area contributed by atoms with E-state index in [9.17, 15) is 0 Å². The lowest BCUT2D eigenvalue weighted by Crippen LogP contribution is -1.99. The second-order valence-electron chi connectivity index (χ2n) is 4.42. The molecule has 0 spiro atoms. The van der Waals surface area contributed by atoms with E-state index in [2.05, 4.69) is 39.0 Å². The van der Waals surface area contributed by atoms with Gasteiger partial charge in [0, 0.05) is 5.88 Å². The van der Waals surface area contributed by atoms with Crippen molar-refractivity contribution >= 4 is 11.6 Å². The molecule has 0 saturated carbocycles. The van der Waals surface area contributed by atoms with Crippen LogP contribution in [0.1, 0.15) is 43.7 Å². The van der Waals surface area contributed by atoms with Gasteiger partial charge in [0.2, 0.25) is 0 Å². The lowest BCUT2D eigenvalue weighted by Gasteiger charge is -2.12. The number of rotatable bonds is 6. The summed E-state index contributed by atoms with van der Waals surface area (Å²) in [7, 11) is 0. The second kappa shape index (κ2) is 6.80. The minimum atomic E-state index is 0.574. The Morgan fingerprint density at radius 1 is 1.25 bits per heavy atom. The number of benzene rings is 1. The van der Waals surface area contributed by atoms with E-state index in [4.69, 9.17) is 16.3 Å². The van der Waals surface area contributed by atoms with Crippen LogP contribution in [0.25, 0.3) is 0 Å². The highest BCUT2D eigenvalue weighted by Crippen LogP contribution is 2.23. The van der Waals surface area contributed by atoms with Gasteiger partial charge in [0.15, 0.2) is 0 Å². The van der Waals surface area contributed by atoms with E-state index in [0.717, 1.165) is 25.2 Å². The van der Waals surface area contributed by atoms with Gasteiger partial charge in [0.1, 0.15) is 5.75 Å². The van der Waals surface area contributed by atoms with Gasteiger partial charge in [-0.05, 0) is 48.9 Å². The molecule has 0 fully saturated rings. The quantitative estimate of drug-likeness (QED) is 0.525. The van der Waals surface area contributed by atoms with Gasteiger partial charge < -0.3 is 4.74 Å². The Morgan fingerprint density at radius 3 is 2.56 bits per heavy atom. The summed E-state index contributed by atoms with van der Waals surface area (Å²) in [6.45, 7) is 7.32. The highest BCUT2D eigenvalue weighted by atomic mass is 35.5. The van der Waals surface area contributed by atoms with Crippen molar-refractivity contribution in [3.63, 3.8) is 0 Å². The van der Waals surface area contributed by atoms with Gasteiger partial charge in [-0.3, -0.25) is 0 Å². The Hall–Kier alpha value is -0.690.